The van der Waals surface area contributed by atoms with Gasteiger partial charge >= 0.3 is 11.9 Å². The Bertz CT molecular complexity index is 329. The number of methoxy groups -OCH3 is 1. The largest absolute Gasteiger partial charge is 0.459 e. The molecule has 4 nitrogen and oxygen atoms in total. The highest BCUT2D eigenvalue weighted by Gasteiger charge is 2.33. The minimum absolute atomic E-state index is 0.360. The number of hydrogen-bond acceptors (Lipinski definition) is 4. The van der Waals surface area contributed by atoms with Gasteiger partial charge in [-0.3, -0.25) is 4.79 Å². The van der Waals surface area contributed by atoms with Gasteiger partial charge in [0.25, 0.3) is 0 Å². The molecule has 4 heteroatoms. The van der Waals surface area contributed by atoms with Gasteiger partial charge in [-0.2, -0.15) is 0 Å². The summed E-state index contributed by atoms with van der Waals surface area (Å²) >= 11 is 0. The zero-order valence-electron chi connectivity index (χ0n) is 9.67. The van der Waals surface area contributed by atoms with E-state index in [-0.39, 0.29) is 5.97 Å². The Hall–Kier alpha value is -1.50. The van der Waals surface area contributed by atoms with Crippen molar-refractivity contribution in [2.75, 3.05) is 7.11 Å². The lowest BCUT2D eigenvalue weighted by Crippen LogP contribution is -2.35. The lowest BCUT2D eigenvalue weighted by atomic mass is 9.85. The fourth-order valence-corrected chi connectivity index (χ4v) is 1.87. The van der Waals surface area contributed by atoms with Gasteiger partial charge in [-0.05, 0) is 31.6 Å². The Labute approximate surface area is 95.3 Å². The van der Waals surface area contributed by atoms with Crippen molar-refractivity contribution in [2.24, 2.45) is 0 Å². The van der Waals surface area contributed by atoms with E-state index < -0.39 is 11.6 Å². The third-order valence-electron chi connectivity index (χ3n) is 2.58. The predicted molar refractivity (Wildman–Crippen MR) is 57.4 cm³/mol. The van der Waals surface area contributed by atoms with Gasteiger partial charge in [0.1, 0.15) is 0 Å². The van der Waals surface area contributed by atoms with Crippen molar-refractivity contribution < 1.29 is 19.1 Å². The Kier molecular flexibility index (Phi) is 4.36. The van der Waals surface area contributed by atoms with Crippen LogP contribution in [-0.2, 0) is 19.1 Å². The molecule has 0 N–H and O–H groups in total. The molecule has 1 aliphatic rings. The molecule has 0 aliphatic heterocycles. The first-order valence-electron chi connectivity index (χ1n) is 5.39. The summed E-state index contributed by atoms with van der Waals surface area (Å²) in [5, 5.41) is 0. The van der Waals surface area contributed by atoms with E-state index in [1.165, 1.54) is 14.0 Å². The zero-order valence-corrected chi connectivity index (χ0v) is 9.67. The monoisotopic (exact) mass is 224 g/mol. The Morgan fingerprint density at radius 1 is 1.19 bits per heavy atom. The Morgan fingerprint density at radius 3 is 2.31 bits per heavy atom. The molecular weight excluding hydrogens is 208 g/mol. The molecule has 0 aromatic heterocycles. The van der Waals surface area contributed by atoms with Crippen molar-refractivity contribution in [3.05, 3.63) is 0 Å². The van der Waals surface area contributed by atoms with Crippen LogP contribution in [0, 0.1) is 11.8 Å². The van der Waals surface area contributed by atoms with Crippen LogP contribution >= 0.6 is 0 Å². The first-order chi connectivity index (χ1) is 7.58. The van der Waals surface area contributed by atoms with Crippen LogP contribution in [-0.4, -0.2) is 24.6 Å². The summed E-state index contributed by atoms with van der Waals surface area (Å²) in [7, 11) is 1.27. The fourth-order valence-electron chi connectivity index (χ4n) is 1.87. The minimum Gasteiger partial charge on any atom is -0.459 e. The topological polar surface area (TPSA) is 52.6 Å². The molecule has 16 heavy (non-hydrogen) atoms. The van der Waals surface area contributed by atoms with Crippen LogP contribution in [0.2, 0.25) is 0 Å². The number of carbonyl (C=O) groups excluding carboxylic acids is 2. The lowest BCUT2D eigenvalue weighted by Gasteiger charge is -2.31. The molecule has 0 heterocycles. The molecule has 1 aliphatic carbocycles. The van der Waals surface area contributed by atoms with Gasteiger partial charge in [0.15, 0.2) is 5.60 Å². The van der Waals surface area contributed by atoms with E-state index in [1.807, 2.05) is 0 Å². The van der Waals surface area contributed by atoms with E-state index in [0.29, 0.717) is 12.8 Å². The third kappa shape index (κ3) is 3.58. The van der Waals surface area contributed by atoms with E-state index in [1.54, 1.807) is 0 Å². The second kappa shape index (κ2) is 5.55. The molecule has 1 saturated carbocycles. The van der Waals surface area contributed by atoms with Gasteiger partial charge < -0.3 is 9.47 Å². The highest BCUT2D eigenvalue weighted by molar-refractivity contribution is 5.88. The molecule has 0 amide bonds. The van der Waals surface area contributed by atoms with Gasteiger partial charge in [-0.15, -0.1) is 0 Å². The standard InChI is InChI=1S/C12H16O4/c1-10(13)16-12(7-4-3-5-8-12)9-6-11(14)15-2/h3-5,7-8H2,1-2H3. The molecule has 1 rings (SSSR count). The highest BCUT2D eigenvalue weighted by Crippen LogP contribution is 2.31. The van der Waals surface area contributed by atoms with Crippen molar-refractivity contribution in [2.45, 2.75) is 44.6 Å². The van der Waals surface area contributed by atoms with Crippen LogP contribution in [0.3, 0.4) is 0 Å². The molecule has 0 aromatic rings. The SMILES string of the molecule is COC(=O)C#CC1(OC(C)=O)CCCCC1. The van der Waals surface area contributed by atoms with Crippen molar-refractivity contribution >= 4 is 11.9 Å². The maximum Gasteiger partial charge on any atom is 0.384 e. The maximum absolute atomic E-state index is 11.0. The van der Waals surface area contributed by atoms with Crippen LogP contribution in [0.5, 0.6) is 0 Å². The summed E-state index contributed by atoms with van der Waals surface area (Å²) in [5.41, 5.74) is -0.779. The van der Waals surface area contributed by atoms with Crippen LogP contribution in [0.15, 0.2) is 0 Å². The number of rotatable bonds is 1. The average molecular weight is 224 g/mol. The summed E-state index contributed by atoms with van der Waals surface area (Å²) in [6, 6.07) is 0. The maximum atomic E-state index is 11.0. The molecule has 0 unspecified atom stereocenters. The molecule has 1 fully saturated rings. The van der Waals surface area contributed by atoms with Gasteiger partial charge in [-0.1, -0.05) is 6.42 Å². The molecular formula is C12H16O4. The summed E-state index contributed by atoms with van der Waals surface area (Å²) in [5.74, 6) is 4.15. The number of hydrogen-bond donors (Lipinski definition) is 0. The van der Waals surface area contributed by atoms with Crippen molar-refractivity contribution in [3.8, 4) is 11.8 Å². The predicted octanol–water partition coefficient (Wildman–Crippen LogP) is 1.43. The first kappa shape index (κ1) is 12.6. The summed E-state index contributed by atoms with van der Waals surface area (Å²) in [6.07, 6.45) is 4.42. The van der Waals surface area contributed by atoms with E-state index in [2.05, 4.69) is 16.6 Å². The normalized spacial score (nSPS) is 17.9. The quantitative estimate of drug-likeness (QED) is 0.384. The van der Waals surface area contributed by atoms with Crippen LogP contribution in [0.1, 0.15) is 39.0 Å². The Balaban J connectivity index is 2.80. The van der Waals surface area contributed by atoms with Gasteiger partial charge in [0.2, 0.25) is 0 Å². The second-order valence-electron chi connectivity index (χ2n) is 3.89. The van der Waals surface area contributed by atoms with Gasteiger partial charge in [-0.25, -0.2) is 4.79 Å². The second-order valence-corrected chi connectivity index (χ2v) is 3.89. The molecule has 0 bridgehead atoms. The number of ether oxygens (including phenoxy) is 2. The number of carbonyl (C=O) groups is 2. The molecule has 88 valence electrons. The molecule has 0 aromatic carbocycles. The fraction of sp³-hybridized carbons (Fsp3) is 0.667. The van der Waals surface area contributed by atoms with Gasteiger partial charge in [0.05, 0.1) is 7.11 Å². The van der Waals surface area contributed by atoms with Crippen molar-refractivity contribution in [1.29, 1.82) is 0 Å². The van der Waals surface area contributed by atoms with E-state index >= 15 is 0 Å². The van der Waals surface area contributed by atoms with E-state index in [0.717, 1.165) is 19.3 Å². The summed E-state index contributed by atoms with van der Waals surface area (Å²) < 4.78 is 9.69. The first-order valence-corrected chi connectivity index (χ1v) is 5.39. The van der Waals surface area contributed by atoms with Crippen LogP contribution < -0.4 is 0 Å². The minimum atomic E-state index is -0.779. The molecule has 0 radical (unpaired) electrons. The Morgan fingerprint density at radius 2 is 1.81 bits per heavy atom. The third-order valence-corrected chi connectivity index (χ3v) is 2.58. The molecule has 0 spiro atoms. The highest BCUT2D eigenvalue weighted by atomic mass is 16.6. The van der Waals surface area contributed by atoms with E-state index in [9.17, 15) is 9.59 Å². The zero-order chi connectivity index (χ0) is 12.0. The van der Waals surface area contributed by atoms with E-state index in [4.69, 9.17) is 4.74 Å². The van der Waals surface area contributed by atoms with Crippen molar-refractivity contribution in [3.63, 3.8) is 0 Å². The van der Waals surface area contributed by atoms with Crippen LogP contribution in [0.25, 0.3) is 0 Å². The number of esters is 2. The van der Waals surface area contributed by atoms with Gasteiger partial charge in [0, 0.05) is 12.8 Å². The smallest absolute Gasteiger partial charge is 0.384 e. The lowest BCUT2D eigenvalue weighted by molar-refractivity contribution is -0.154. The van der Waals surface area contributed by atoms with Crippen molar-refractivity contribution in [1.82, 2.24) is 0 Å². The average Bonchev–Trinajstić information content (AvgIpc) is 2.26. The summed E-state index contributed by atoms with van der Waals surface area (Å²) in [6.45, 7) is 1.36. The molecule has 0 atom stereocenters. The van der Waals surface area contributed by atoms with Crippen LogP contribution in [0.4, 0.5) is 0 Å². The molecule has 0 saturated heterocycles. The summed E-state index contributed by atoms with van der Waals surface area (Å²) in [4.78, 5) is 22.0.